The smallest absolute Gasteiger partial charge is 0.119 e. The molecule has 2 nitrogen and oxygen atoms in total. The van der Waals surface area contributed by atoms with Gasteiger partial charge in [0.15, 0.2) is 0 Å². The molecule has 0 saturated heterocycles. The van der Waals surface area contributed by atoms with Crippen LogP contribution in [0.4, 0.5) is 0 Å². The van der Waals surface area contributed by atoms with E-state index in [0.717, 1.165) is 12.3 Å². The molecule has 0 spiro atoms. The third-order valence-electron chi connectivity index (χ3n) is 4.69. The third-order valence-corrected chi connectivity index (χ3v) is 4.69. The molecule has 4 aromatic rings. The fraction of sp³-hybridized carbons (Fsp3) is 0.130. The van der Waals surface area contributed by atoms with Crippen molar-refractivity contribution in [2.75, 3.05) is 7.11 Å². The monoisotopic (exact) mass is 327 g/mol. The van der Waals surface area contributed by atoms with E-state index in [0.29, 0.717) is 0 Å². The second kappa shape index (κ2) is 6.48. The van der Waals surface area contributed by atoms with Gasteiger partial charge in [-0.15, -0.1) is 0 Å². The van der Waals surface area contributed by atoms with Gasteiger partial charge in [0.25, 0.3) is 0 Å². The molecule has 4 rings (SSSR count). The topological polar surface area (TPSA) is 14.2 Å². The lowest BCUT2D eigenvalue weighted by Crippen LogP contribution is -2.01. The van der Waals surface area contributed by atoms with Crippen molar-refractivity contribution in [1.82, 2.24) is 4.57 Å². The third kappa shape index (κ3) is 3.03. The summed E-state index contributed by atoms with van der Waals surface area (Å²) < 4.78 is 7.71. The van der Waals surface area contributed by atoms with Gasteiger partial charge >= 0.3 is 0 Å². The lowest BCUT2D eigenvalue weighted by molar-refractivity contribution is 0.415. The van der Waals surface area contributed by atoms with Gasteiger partial charge in [-0.25, -0.2) is 0 Å². The van der Waals surface area contributed by atoms with Gasteiger partial charge in [-0.3, -0.25) is 0 Å². The summed E-state index contributed by atoms with van der Waals surface area (Å²) in [6.45, 7) is 3.02. The minimum atomic E-state index is 0.863. The van der Waals surface area contributed by atoms with E-state index in [1.165, 1.54) is 33.3 Å². The standard InChI is InChI=1S/C23H21NO/c1-17-13-21-15-22(25-2)11-12-23(21)24(17)16-18-7-6-10-20(14-18)19-8-4-3-5-9-19/h3-15H,16H2,1-2H3. The number of aromatic nitrogens is 1. The van der Waals surface area contributed by atoms with Crippen molar-refractivity contribution in [3.05, 3.63) is 90.1 Å². The van der Waals surface area contributed by atoms with Crippen molar-refractivity contribution in [3.63, 3.8) is 0 Å². The molecule has 0 bridgehead atoms. The van der Waals surface area contributed by atoms with Crippen LogP contribution in [0.15, 0.2) is 78.9 Å². The van der Waals surface area contributed by atoms with Crippen molar-refractivity contribution < 1.29 is 4.74 Å². The first-order valence-electron chi connectivity index (χ1n) is 8.53. The maximum Gasteiger partial charge on any atom is 0.119 e. The molecule has 124 valence electrons. The van der Waals surface area contributed by atoms with Gasteiger partial charge in [-0.05, 0) is 53.9 Å². The summed E-state index contributed by atoms with van der Waals surface area (Å²) in [5.74, 6) is 0.899. The molecule has 0 N–H and O–H groups in total. The number of rotatable bonds is 4. The Morgan fingerprint density at radius 3 is 2.40 bits per heavy atom. The zero-order valence-electron chi connectivity index (χ0n) is 14.6. The molecular weight excluding hydrogens is 306 g/mol. The summed E-state index contributed by atoms with van der Waals surface area (Å²) in [7, 11) is 1.71. The van der Waals surface area contributed by atoms with Crippen LogP contribution in [-0.2, 0) is 6.54 Å². The summed E-state index contributed by atoms with van der Waals surface area (Å²) in [6.07, 6.45) is 0. The highest BCUT2D eigenvalue weighted by Crippen LogP contribution is 2.26. The van der Waals surface area contributed by atoms with E-state index in [4.69, 9.17) is 4.74 Å². The lowest BCUT2D eigenvalue weighted by atomic mass is 10.0. The summed E-state index contributed by atoms with van der Waals surface area (Å²) in [6, 6.07) is 27.8. The van der Waals surface area contributed by atoms with Crippen LogP contribution in [0.2, 0.25) is 0 Å². The Morgan fingerprint density at radius 2 is 1.60 bits per heavy atom. The van der Waals surface area contributed by atoms with Gasteiger partial charge in [0.1, 0.15) is 5.75 Å². The quantitative estimate of drug-likeness (QED) is 0.471. The number of hydrogen-bond donors (Lipinski definition) is 0. The molecule has 0 unspecified atom stereocenters. The first-order chi connectivity index (χ1) is 12.2. The molecule has 0 aliphatic rings. The van der Waals surface area contributed by atoms with Gasteiger partial charge in [-0.2, -0.15) is 0 Å². The minimum Gasteiger partial charge on any atom is -0.497 e. The van der Waals surface area contributed by atoms with Gasteiger partial charge in [0, 0.05) is 23.1 Å². The molecule has 25 heavy (non-hydrogen) atoms. The molecule has 1 aromatic heterocycles. The van der Waals surface area contributed by atoms with Crippen molar-refractivity contribution in [1.29, 1.82) is 0 Å². The highest BCUT2D eigenvalue weighted by atomic mass is 16.5. The molecule has 0 radical (unpaired) electrons. The van der Waals surface area contributed by atoms with Crippen LogP contribution in [0.25, 0.3) is 22.0 Å². The Kier molecular flexibility index (Phi) is 4.02. The van der Waals surface area contributed by atoms with E-state index in [1.807, 2.05) is 6.07 Å². The Hall–Kier alpha value is -3.00. The largest absolute Gasteiger partial charge is 0.497 e. The van der Waals surface area contributed by atoms with Crippen LogP contribution in [0, 0.1) is 6.92 Å². The average Bonchev–Trinajstić information content (AvgIpc) is 2.97. The van der Waals surface area contributed by atoms with Crippen LogP contribution in [0.5, 0.6) is 5.75 Å². The molecule has 1 heterocycles. The number of hydrogen-bond acceptors (Lipinski definition) is 1. The molecule has 0 aliphatic carbocycles. The predicted molar refractivity (Wildman–Crippen MR) is 104 cm³/mol. The zero-order chi connectivity index (χ0) is 17.2. The van der Waals surface area contributed by atoms with Gasteiger partial charge < -0.3 is 9.30 Å². The van der Waals surface area contributed by atoms with E-state index in [1.54, 1.807) is 7.11 Å². The molecule has 0 atom stereocenters. The summed E-state index contributed by atoms with van der Waals surface area (Å²) in [5.41, 5.74) is 6.31. The van der Waals surface area contributed by atoms with Crippen LogP contribution in [0.3, 0.4) is 0 Å². The minimum absolute atomic E-state index is 0.863. The van der Waals surface area contributed by atoms with Crippen molar-refractivity contribution in [2.45, 2.75) is 13.5 Å². The van der Waals surface area contributed by atoms with Crippen LogP contribution < -0.4 is 4.74 Å². The highest BCUT2D eigenvalue weighted by molar-refractivity contribution is 5.83. The van der Waals surface area contributed by atoms with Gasteiger partial charge in [0.2, 0.25) is 0 Å². The van der Waals surface area contributed by atoms with Gasteiger partial charge in [-0.1, -0.05) is 48.5 Å². The van der Waals surface area contributed by atoms with E-state index in [2.05, 4.69) is 84.3 Å². The zero-order valence-corrected chi connectivity index (χ0v) is 14.6. The normalized spacial score (nSPS) is 11.0. The molecule has 3 aromatic carbocycles. The number of aryl methyl sites for hydroxylation is 1. The fourth-order valence-electron chi connectivity index (χ4n) is 3.39. The lowest BCUT2D eigenvalue weighted by Gasteiger charge is -2.11. The second-order valence-corrected chi connectivity index (χ2v) is 6.36. The van der Waals surface area contributed by atoms with Crippen molar-refractivity contribution in [3.8, 4) is 16.9 Å². The molecule has 0 fully saturated rings. The fourth-order valence-corrected chi connectivity index (χ4v) is 3.39. The Morgan fingerprint density at radius 1 is 0.800 bits per heavy atom. The van der Waals surface area contributed by atoms with E-state index >= 15 is 0 Å². The first kappa shape index (κ1) is 15.5. The molecule has 0 amide bonds. The molecular formula is C23H21NO. The number of nitrogens with zero attached hydrogens (tertiary/aromatic N) is 1. The van der Waals surface area contributed by atoms with E-state index in [-0.39, 0.29) is 0 Å². The first-order valence-corrected chi connectivity index (χ1v) is 8.53. The van der Waals surface area contributed by atoms with E-state index in [9.17, 15) is 0 Å². The Balaban J connectivity index is 1.71. The highest BCUT2D eigenvalue weighted by Gasteiger charge is 2.08. The van der Waals surface area contributed by atoms with Crippen LogP contribution in [0.1, 0.15) is 11.3 Å². The van der Waals surface area contributed by atoms with E-state index < -0.39 is 0 Å². The summed E-state index contributed by atoms with van der Waals surface area (Å²) in [5, 5.41) is 1.22. The predicted octanol–water partition coefficient (Wildman–Crippen LogP) is 5.67. The number of benzene rings is 3. The number of fused-ring (bicyclic) bond motifs is 1. The number of ether oxygens (including phenoxy) is 1. The summed E-state index contributed by atoms with van der Waals surface area (Å²) in [4.78, 5) is 0. The van der Waals surface area contributed by atoms with Crippen LogP contribution >= 0.6 is 0 Å². The average molecular weight is 327 g/mol. The Labute approximate surface area is 148 Å². The maximum atomic E-state index is 5.35. The van der Waals surface area contributed by atoms with Gasteiger partial charge in [0.05, 0.1) is 7.11 Å². The second-order valence-electron chi connectivity index (χ2n) is 6.36. The molecule has 0 aliphatic heterocycles. The van der Waals surface area contributed by atoms with Crippen molar-refractivity contribution >= 4 is 10.9 Å². The maximum absolute atomic E-state index is 5.35. The number of methoxy groups -OCH3 is 1. The molecule has 0 saturated carbocycles. The molecule has 2 heteroatoms. The van der Waals surface area contributed by atoms with Crippen molar-refractivity contribution in [2.24, 2.45) is 0 Å². The SMILES string of the molecule is COc1ccc2c(c1)cc(C)n2Cc1cccc(-c2ccccc2)c1. The Bertz CT molecular complexity index is 1010. The van der Waals surface area contributed by atoms with Crippen LogP contribution in [-0.4, -0.2) is 11.7 Å². The summed E-state index contributed by atoms with van der Waals surface area (Å²) >= 11 is 0.